The van der Waals surface area contributed by atoms with Crippen molar-refractivity contribution in [2.45, 2.75) is 6.54 Å². The molecule has 0 saturated heterocycles. The number of carbonyl (C=O) groups excluding carboxylic acids is 1. The Balaban J connectivity index is 1.43. The topological polar surface area (TPSA) is 84.8 Å². The molecule has 0 fully saturated rings. The number of nitrogens with zero attached hydrogens (tertiary/aromatic N) is 3. The molecule has 0 aliphatic heterocycles. The Kier molecular flexibility index (Phi) is 4.34. The molecule has 0 unspecified atom stereocenters. The number of para-hydroxylation sites is 1. The minimum Gasteiger partial charge on any atom is -0.492 e. The van der Waals surface area contributed by atoms with E-state index in [-0.39, 0.29) is 5.91 Å². The van der Waals surface area contributed by atoms with Gasteiger partial charge in [0.15, 0.2) is 0 Å². The summed E-state index contributed by atoms with van der Waals surface area (Å²) in [6.45, 7) is 1.15. The smallest absolute Gasteiger partial charge is 0.257 e. The molecule has 0 bridgehead atoms. The highest BCUT2D eigenvalue weighted by Gasteiger charge is 2.11. The zero-order chi connectivity index (χ0) is 17.8. The van der Waals surface area contributed by atoms with Crippen molar-refractivity contribution in [2.24, 2.45) is 0 Å². The van der Waals surface area contributed by atoms with Gasteiger partial charge in [0, 0.05) is 29.5 Å². The summed E-state index contributed by atoms with van der Waals surface area (Å²) in [5, 5.41) is 14.8. The van der Waals surface area contributed by atoms with Crippen LogP contribution in [0.1, 0.15) is 10.4 Å². The van der Waals surface area contributed by atoms with Crippen LogP contribution in [0.2, 0.25) is 0 Å². The first-order valence-corrected chi connectivity index (χ1v) is 8.23. The Morgan fingerprint density at radius 2 is 2.12 bits per heavy atom. The number of aromatic amines is 1. The van der Waals surface area contributed by atoms with Gasteiger partial charge in [-0.1, -0.05) is 18.2 Å². The number of carbonyl (C=O) groups is 1. The van der Waals surface area contributed by atoms with Crippen LogP contribution in [-0.4, -0.2) is 32.5 Å². The third-order valence-electron chi connectivity index (χ3n) is 3.96. The van der Waals surface area contributed by atoms with Crippen LogP contribution in [0.4, 0.5) is 5.69 Å². The van der Waals surface area contributed by atoms with Gasteiger partial charge in [-0.25, -0.2) is 0 Å². The van der Waals surface area contributed by atoms with E-state index in [0.717, 1.165) is 10.9 Å². The van der Waals surface area contributed by atoms with E-state index >= 15 is 0 Å². The van der Waals surface area contributed by atoms with Crippen LogP contribution in [0.3, 0.4) is 0 Å². The van der Waals surface area contributed by atoms with Crippen molar-refractivity contribution < 1.29 is 9.53 Å². The van der Waals surface area contributed by atoms with E-state index in [1.54, 1.807) is 29.2 Å². The molecule has 0 spiro atoms. The maximum absolute atomic E-state index is 12.6. The molecule has 7 heteroatoms. The molecule has 4 aromatic rings. The monoisotopic (exact) mass is 347 g/mol. The molecule has 7 nitrogen and oxygen atoms in total. The number of hydrogen-bond acceptors (Lipinski definition) is 4. The molecule has 0 atom stereocenters. The molecule has 0 saturated carbocycles. The predicted molar refractivity (Wildman–Crippen MR) is 98.2 cm³/mol. The quantitative estimate of drug-likeness (QED) is 0.561. The lowest BCUT2D eigenvalue weighted by atomic mass is 10.1. The van der Waals surface area contributed by atoms with Gasteiger partial charge in [0.05, 0.1) is 23.8 Å². The summed E-state index contributed by atoms with van der Waals surface area (Å²) < 4.78 is 7.54. The average molecular weight is 347 g/mol. The molecule has 0 aliphatic rings. The van der Waals surface area contributed by atoms with Crippen LogP contribution in [0.25, 0.3) is 10.9 Å². The molecule has 4 rings (SSSR count). The van der Waals surface area contributed by atoms with Crippen molar-refractivity contribution in [3.8, 4) is 5.75 Å². The zero-order valence-corrected chi connectivity index (χ0v) is 13.9. The lowest BCUT2D eigenvalue weighted by Crippen LogP contribution is -2.13. The van der Waals surface area contributed by atoms with Crippen molar-refractivity contribution >= 4 is 22.5 Å². The molecule has 0 radical (unpaired) electrons. The summed E-state index contributed by atoms with van der Waals surface area (Å²) in [5.41, 5.74) is 1.93. The minimum atomic E-state index is -0.200. The molecule has 1 amide bonds. The Morgan fingerprint density at radius 1 is 1.19 bits per heavy atom. The van der Waals surface area contributed by atoms with Crippen LogP contribution in [0.5, 0.6) is 5.75 Å². The number of fused-ring (bicyclic) bond motifs is 1. The van der Waals surface area contributed by atoms with Crippen LogP contribution in [0.15, 0.2) is 67.1 Å². The molecular formula is C19H17N5O2. The summed E-state index contributed by atoms with van der Waals surface area (Å²) in [6.07, 6.45) is 5.31. The summed E-state index contributed by atoms with van der Waals surface area (Å²) in [6, 6.07) is 14.7. The normalized spacial score (nSPS) is 10.8. The first kappa shape index (κ1) is 15.9. The number of anilines is 1. The maximum Gasteiger partial charge on any atom is 0.257 e. The van der Waals surface area contributed by atoms with E-state index in [0.29, 0.717) is 30.2 Å². The molecular weight excluding hydrogens is 330 g/mol. The summed E-state index contributed by atoms with van der Waals surface area (Å²) >= 11 is 0. The van der Waals surface area contributed by atoms with Crippen LogP contribution >= 0.6 is 0 Å². The van der Waals surface area contributed by atoms with E-state index in [1.165, 1.54) is 0 Å². The van der Waals surface area contributed by atoms with E-state index in [9.17, 15) is 4.79 Å². The second-order valence-electron chi connectivity index (χ2n) is 5.74. The maximum atomic E-state index is 12.6. The molecule has 2 aromatic carbocycles. The van der Waals surface area contributed by atoms with Gasteiger partial charge in [0.2, 0.25) is 0 Å². The van der Waals surface area contributed by atoms with Crippen LogP contribution in [0, 0.1) is 0 Å². The van der Waals surface area contributed by atoms with Crippen LogP contribution in [-0.2, 0) is 6.54 Å². The number of aromatic nitrogens is 4. The summed E-state index contributed by atoms with van der Waals surface area (Å²) in [5.74, 6) is 0.489. The number of hydrogen-bond donors (Lipinski definition) is 2. The molecule has 2 aromatic heterocycles. The number of ether oxygens (including phenoxy) is 1. The fourth-order valence-corrected chi connectivity index (χ4v) is 2.71. The standard InChI is InChI=1S/C19H17N5O2/c25-19(17-7-1-4-14-13-20-23-18(14)17)22-15-5-2-6-16(12-15)26-11-10-24-9-3-8-21-24/h1-9,12-13H,10-11H2,(H,20,23)(H,22,25). The van der Waals surface area contributed by atoms with Crippen molar-refractivity contribution in [1.82, 2.24) is 20.0 Å². The van der Waals surface area contributed by atoms with Crippen molar-refractivity contribution in [2.75, 3.05) is 11.9 Å². The Bertz CT molecular complexity index is 1020. The van der Waals surface area contributed by atoms with E-state index < -0.39 is 0 Å². The highest BCUT2D eigenvalue weighted by Crippen LogP contribution is 2.20. The van der Waals surface area contributed by atoms with Gasteiger partial charge in [-0.05, 0) is 24.3 Å². The van der Waals surface area contributed by atoms with Gasteiger partial charge in [-0.3, -0.25) is 14.6 Å². The number of benzene rings is 2. The Hall–Kier alpha value is -3.61. The van der Waals surface area contributed by atoms with Crippen molar-refractivity contribution in [3.05, 3.63) is 72.7 Å². The van der Waals surface area contributed by atoms with Gasteiger partial charge < -0.3 is 10.1 Å². The number of nitrogens with one attached hydrogen (secondary N) is 2. The van der Waals surface area contributed by atoms with Gasteiger partial charge in [0.25, 0.3) is 5.91 Å². The summed E-state index contributed by atoms with van der Waals surface area (Å²) in [7, 11) is 0. The number of rotatable bonds is 6. The number of amides is 1. The molecule has 2 heterocycles. The fourth-order valence-electron chi connectivity index (χ4n) is 2.71. The molecule has 130 valence electrons. The molecule has 26 heavy (non-hydrogen) atoms. The van der Waals surface area contributed by atoms with Gasteiger partial charge in [0.1, 0.15) is 12.4 Å². The fraction of sp³-hybridized carbons (Fsp3) is 0.105. The van der Waals surface area contributed by atoms with E-state index in [4.69, 9.17) is 4.74 Å². The Morgan fingerprint density at radius 3 is 3.00 bits per heavy atom. The third kappa shape index (κ3) is 3.41. The second-order valence-corrected chi connectivity index (χ2v) is 5.74. The lowest BCUT2D eigenvalue weighted by molar-refractivity contribution is 0.102. The first-order valence-electron chi connectivity index (χ1n) is 8.23. The molecule has 0 aliphatic carbocycles. The molecule has 2 N–H and O–H groups in total. The highest BCUT2D eigenvalue weighted by atomic mass is 16.5. The Labute approximate surface area is 149 Å². The predicted octanol–water partition coefficient (Wildman–Crippen LogP) is 3.09. The average Bonchev–Trinajstić information content (AvgIpc) is 3.33. The summed E-state index contributed by atoms with van der Waals surface area (Å²) in [4.78, 5) is 12.6. The second kappa shape index (κ2) is 7.10. The third-order valence-corrected chi connectivity index (χ3v) is 3.96. The van der Waals surface area contributed by atoms with Gasteiger partial charge >= 0.3 is 0 Å². The van der Waals surface area contributed by atoms with Crippen LogP contribution < -0.4 is 10.1 Å². The lowest BCUT2D eigenvalue weighted by Gasteiger charge is -2.10. The largest absolute Gasteiger partial charge is 0.492 e. The minimum absolute atomic E-state index is 0.200. The van der Waals surface area contributed by atoms with Crippen molar-refractivity contribution in [1.29, 1.82) is 0 Å². The van der Waals surface area contributed by atoms with Gasteiger partial charge in [-0.2, -0.15) is 10.2 Å². The number of H-pyrrole nitrogens is 1. The van der Waals surface area contributed by atoms with E-state index in [1.807, 2.05) is 42.6 Å². The van der Waals surface area contributed by atoms with E-state index in [2.05, 4.69) is 20.6 Å². The highest BCUT2D eigenvalue weighted by molar-refractivity contribution is 6.11. The van der Waals surface area contributed by atoms with Crippen molar-refractivity contribution in [3.63, 3.8) is 0 Å². The first-order chi connectivity index (χ1) is 12.8. The SMILES string of the molecule is O=C(Nc1cccc(OCCn2cccn2)c1)c1cccc2cn[nH]c12. The zero-order valence-electron chi connectivity index (χ0n) is 13.9. The van der Waals surface area contributed by atoms with Gasteiger partial charge in [-0.15, -0.1) is 0 Å².